The normalized spacial score (nSPS) is 9.78. The van der Waals surface area contributed by atoms with Gasteiger partial charge in [-0.1, -0.05) is 0 Å². The molecule has 0 radical (unpaired) electrons. The SMILES string of the molecule is Nc1ccc(NC(=O)Nc2ccc(O)cc2)cc1. The molecule has 2 rings (SSSR count). The van der Waals surface area contributed by atoms with Gasteiger partial charge in [-0.3, -0.25) is 0 Å². The number of phenolic OH excluding ortho intramolecular Hbond substituents is 1. The van der Waals surface area contributed by atoms with E-state index in [9.17, 15) is 4.79 Å². The highest BCUT2D eigenvalue weighted by Crippen LogP contribution is 2.15. The molecule has 0 aliphatic rings. The van der Waals surface area contributed by atoms with Gasteiger partial charge in [0.05, 0.1) is 0 Å². The van der Waals surface area contributed by atoms with E-state index < -0.39 is 0 Å². The van der Waals surface area contributed by atoms with Gasteiger partial charge in [-0.05, 0) is 48.5 Å². The molecule has 2 amide bonds. The van der Waals surface area contributed by atoms with Gasteiger partial charge in [0, 0.05) is 17.1 Å². The van der Waals surface area contributed by atoms with Crippen molar-refractivity contribution in [2.75, 3.05) is 16.4 Å². The number of phenols is 1. The summed E-state index contributed by atoms with van der Waals surface area (Å²) in [5, 5.41) is 14.4. The molecule has 2 aromatic carbocycles. The third kappa shape index (κ3) is 3.15. The fourth-order valence-corrected chi connectivity index (χ4v) is 1.40. The molecule has 0 heterocycles. The summed E-state index contributed by atoms with van der Waals surface area (Å²) in [6.45, 7) is 0. The van der Waals surface area contributed by atoms with E-state index in [1.165, 1.54) is 12.1 Å². The van der Waals surface area contributed by atoms with Crippen LogP contribution >= 0.6 is 0 Å². The van der Waals surface area contributed by atoms with Crippen molar-refractivity contribution in [2.24, 2.45) is 0 Å². The second-order valence-corrected chi connectivity index (χ2v) is 3.75. The van der Waals surface area contributed by atoms with Crippen LogP contribution in [0.5, 0.6) is 5.75 Å². The monoisotopic (exact) mass is 243 g/mol. The van der Waals surface area contributed by atoms with Gasteiger partial charge < -0.3 is 21.5 Å². The molecule has 5 N–H and O–H groups in total. The van der Waals surface area contributed by atoms with Crippen LogP contribution in [0.2, 0.25) is 0 Å². The number of nitrogen functional groups attached to an aromatic ring is 1. The van der Waals surface area contributed by atoms with Crippen molar-refractivity contribution < 1.29 is 9.90 Å². The summed E-state index contributed by atoms with van der Waals surface area (Å²) in [6, 6.07) is 12.7. The number of nitrogens with one attached hydrogen (secondary N) is 2. The Morgan fingerprint density at radius 2 is 1.33 bits per heavy atom. The van der Waals surface area contributed by atoms with Crippen LogP contribution in [0.1, 0.15) is 0 Å². The van der Waals surface area contributed by atoms with Crippen LogP contribution in [0, 0.1) is 0 Å². The minimum absolute atomic E-state index is 0.152. The molecular weight excluding hydrogens is 230 g/mol. The van der Waals surface area contributed by atoms with Gasteiger partial charge in [0.25, 0.3) is 0 Å². The minimum atomic E-state index is -0.356. The van der Waals surface area contributed by atoms with Crippen molar-refractivity contribution in [2.45, 2.75) is 0 Å². The molecule has 0 fully saturated rings. The zero-order chi connectivity index (χ0) is 13.0. The molecule has 0 saturated heterocycles. The highest BCUT2D eigenvalue weighted by atomic mass is 16.3. The van der Waals surface area contributed by atoms with Gasteiger partial charge in [0.1, 0.15) is 5.75 Å². The summed E-state index contributed by atoms with van der Waals surface area (Å²) in [7, 11) is 0. The van der Waals surface area contributed by atoms with Gasteiger partial charge >= 0.3 is 6.03 Å². The van der Waals surface area contributed by atoms with E-state index in [4.69, 9.17) is 10.8 Å². The average molecular weight is 243 g/mol. The molecule has 5 heteroatoms. The number of carbonyl (C=O) groups excluding carboxylic acids is 1. The summed E-state index contributed by atoms with van der Waals surface area (Å²) < 4.78 is 0. The first-order chi connectivity index (χ1) is 8.63. The van der Waals surface area contributed by atoms with Crippen LogP contribution in [0.3, 0.4) is 0 Å². The van der Waals surface area contributed by atoms with Crippen molar-refractivity contribution in [3.8, 4) is 5.75 Å². The molecule has 0 aliphatic carbocycles. The molecular formula is C13H13N3O2. The molecule has 0 spiro atoms. The van der Waals surface area contributed by atoms with Gasteiger partial charge in [-0.25, -0.2) is 4.79 Å². The lowest BCUT2D eigenvalue weighted by Gasteiger charge is -2.07. The Kier molecular flexibility index (Phi) is 3.33. The Labute approximate surface area is 104 Å². The Hall–Kier alpha value is -2.69. The van der Waals surface area contributed by atoms with Crippen LogP contribution < -0.4 is 16.4 Å². The topological polar surface area (TPSA) is 87.4 Å². The van der Waals surface area contributed by atoms with E-state index in [0.717, 1.165) is 0 Å². The highest BCUT2D eigenvalue weighted by molar-refractivity contribution is 5.99. The molecule has 0 unspecified atom stereocenters. The zero-order valence-corrected chi connectivity index (χ0v) is 9.55. The summed E-state index contributed by atoms with van der Waals surface area (Å²) in [4.78, 5) is 11.6. The number of carbonyl (C=O) groups is 1. The number of benzene rings is 2. The number of anilines is 3. The van der Waals surface area contributed by atoms with Gasteiger partial charge in [0.15, 0.2) is 0 Å². The van der Waals surface area contributed by atoms with E-state index in [1.807, 2.05) is 0 Å². The minimum Gasteiger partial charge on any atom is -0.508 e. The number of urea groups is 1. The van der Waals surface area contributed by atoms with Crippen molar-refractivity contribution in [3.63, 3.8) is 0 Å². The van der Waals surface area contributed by atoms with E-state index in [-0.39, 0.29) is 11.8 Å². The summed E-state index contributed by atoms with van der Waals surface area (Å²) in [5.74, 6) is 0.152. The van der Waals surface area contributed by atoms with Crippen molar-refractivity contribution >= 4 is 23.1 Å². The fourth-order valence-electron chi connectivity index (χ4n) is 1.40. The maximum atomic E-state index is 11.6. The number of nitrogens with two attached hydrogens (primary N) is 1. The smallest absolute Gasteiger partial charge is 0.323 e. The standard InChI is InChI=1S/C13H13N3O2/c14-9-1-3-10(4-2-9)15-13(18)16-11-5-7-12(17)8-6-11/h1-8,17H,14H2,(H2,15,16,18). The number of aromatic hydroxyl groups is 1. The molecule has 0 atom stereocenters. The van der Waals surface area contributed by atoms with Crippen LogP contribution in [-0.2, 0) is 0 Å². The first-order valence-electron chi connectivity index (χ1n) is 5.36. The van der Waals surface area contributed by atoms with E-state index in [1.54, 1.807) is 36.4 Å². The van der Waals surface area contributed by atoms with E-state index >= 15 is 0 Å². The van der Waals surface area contributed by atoms with Gasteiger partial charge in [-0.2, -0.15) is 0 Å². The average Bonchev–Trinajstić information content (AvgIpc) is 2.35. The molecule has 2 aromatic rings. The zero-order valence-electron chi connectivity index (χ0n) is 9.55. The van der Waals surface area contributed by atoms with Crippen LogP contribution in [-0.4, -0.2) is 11.1 Å². The largest absolute Gasteiger partial charge is 0.508 e. The van der Waals surface area contributed by atoms with Crippen LogP contribution in [0.15, 0.2) is 48.5 Å². The van der Waals surface area contributed by atoms with Crippen LogP contribution in [0.4, 0.5) is 21.9 Å². The first kappa shape index (κ1) is 11.8. The lowest BCUT2D eigenvalue weighted by molar-refractivity contribution is 0.262. The summed E-state index contributed by atoms with van der Waals surface area (Å²) in [6.07, 6.45) is 0. The maximum Gasteiger partial charge on any atom is 0.323 e. The Morgan fingerprint density at radius 1 is 0.889 bits per heavy atom. The molecule has 18 heavy (non-hydrogen) atoms. The molecule has 0 aromatic heterocycles. The summed E-state index contributed by atoms with van der Waals surface area (Å²) >= 11 is 0. The second kappa shape index (κ2) is 5.09. The molecule has 0 saturated carbocycles. The molecule has 0 bridgehead atoms. The third-order valence-electron chi connectivity index (χ3n) is 2.29. The fraction of sp³-hybridized carbons (Fsp3) is 0. The predicted octanol–water partition coefficient (Wildman–Crippen LogP) is 2.62. The Morgan fingerprint density at radius 3 is 1.83 bits per heavy atom. The Bertz CT molecular complexity index is 486. The summed E-state index contributed by atoms with van der Waals surface area (Å²) in [5.41, 5.74) is 7.43. The number of amides is 2. The molecule has 0 aliphatic heterocycles. The van der Waals surface area contributed by atoms with Gasteiger partial charge in [-0.15, -0.1) is 0 Å². The lowest BCUT2D eigenvalue weighted by atomic mass is 10.3. The van der Waals surface area contributed by atoms with Crippen LogP contribution in [0.25, 0.3) is 0 Å². The number of hydrogen-bond acceptors (Lipinski definition) is 3. The highest BCUT2D eigenvalue weighted by Gasteiger charge is 2.02. The number of rotatable bonds is 2. The third-order valence-corrected chi connectivity index (χ3v) is 2.29. The predicted molar refractivity (Wildman–Crippen MR) is 71.6 cm³/mol. The van der Waals surface area contributed by atoms with E-state index in [0.29, 0.717) is 17.1 Å². The Balaban J connectivity index is 1.96. The maximum absolute atomic E-state index is 11.6. The number of hydrogen-bond donors (Lipinski definition) is 4. The lowest BCUT2D eigenvalue weighted by Crippen LogP contribution is -2.19. The molecule has 92 valence electrons. The first-order valence-corrected chi connectivity index (χ1v) is 5.36. The van der Waals surface area contributed by atoms with Crippen molar-refractivity contribution in [3.05, 3.63) is 48.5 Å². The van der Waals surface area contributed by atoms with Crippen molar-refractivity contribution in [1.29, 1.82) is 0 Å². The van der Waals surface area contributed by atoms with E-state index in [2.05, 4.69) is 10.6 Å². The van der Waals surface area contributed by atoms with Crippen molar-refractivity contribution in [1.82, 2.24) is 0 Å². The quantitative estimate of drug-likeness (QED) is 0.483. The van der Waals surface area contributed by atoms with Gasteiger partial charge in [0.2, 0.25) is 0 Å². The molecule has 5 nitrogen and oxygen atoms in total. The second-order valence-electron chi connectivity index (χ2n) is 3.75.